The van der Waals surface area contributed by atoms with Gasteiger partial charge >= 0.3 is 0 Å². The number of aryl methyl sites for hydroxylation is 1. The summed E-state index contributed by atoms with van der Waals surface area (Å²) in [5.41, 5.74) is 8.16. The lowest BCUT2D eigenvalue weighted by atomic mass is 10.1. The molecule has 0 bridgehead atoms. The van der Waals surface area contributed by atoms with Crippen LogP contribution in [0.15, 0.2) is 16.6 Å². The molecular formula is C12H17BrN2O. The van der Waals surface area contributed by atoms with E-state index in [1.165, 1.54) is 0 Å². The standard InChI is InChI=1S/C12H17BrN2O/c1-4-7(2)12(16)15-10-6-9(13)5-8(3)11(10)14/h5-7H,4,14H2,1-3H3,(H,15,16). The molecule has 0 radical (unpaired) electrons. The van der Waals surface area contributed by atoms with Crippen LogP contribution in [0.3, 0.4) is 0 Å². The Morgan fingerprint density at radius 1 is 1.56 bits per heavy atom. The summed E-state index contributed by atoms with van der Waals surface area (Å²) in [7, 11) is 0. The van der Waals surface area contributed by atoms with Gasteiger partial charge in [-0.2, -0.15) is 0 Å². The molecule has 0 saturated carbocycles. The molecule has 3 nitrogen and oxygen atoms in total. The number of amides is 1. The number of nitrogens with two attached hydrogens (primary N) is 1. The number of nitrogens with one attached hydrogen (secondary N) is 1. The Hall–Kier alpha value is -1.03. The highest BCUT2D eigenvalue weighted by Gasteiger charge is 2.13. The molecule has 1 aromatic carbocycles. The van der Waals surface area contributed by atoms with Gasteiger partial charge in [-0.1, -0.05) is 29.8 Å². The number of carbonyl (C=O) groups is 1. The van der Waals surface area contributed by atoms with Crippen molar-refractivity contribution in [3.63, 3.8) is 0 Å². The number of halogens is 1. The van der Waals surface area contributed by atoms with Crippen molar-refractivity contribution in [3.8, 4) is 0 Å². The number of benzene rings is 1. The van der Waals surface area contributed by atoms with Crippen LogP contribution in [0.2, 0.25) is 0 Å². The number of carbonyl (C=O) groups excluding carboxylic acids is 1. The third-order valence-electron chi connectivity index (χ3n) is 2.67. The zero-order valence-corrected chi connectivity index (χ0v) is 11.4. The molecule has 0 fully saturated rings. The van der Waals surface area contributed by atoms with Crippen LogP contribution in [0.5, 0.6) is 0 Å². The summed E-state index contributed by atoms with van der Waals surface area (Å²) in [5, 5.41) is 2.85. The Kier molecular flexibility index (Phi) is 4.35. The average Bonchev–Trinajstić information content (AvgIpc) is 2.23. The molecule has 1 rings (SSSR count). The maximum absolute atomic E-state index is 11.7. The van der Waals surface area contributed by atoms with Gasteiger partial charge < -0.3 is 11.1 Å². The van der Waals surface area contributed by atoms with Crippen LogP contribution < -0.4 is 11.1 Å². The van der Waals surface area contributed by atoms with Gasteiger partial charge in [-0.3, -0.25) is 4.79 Å². The lowest BCUT2D eigenvalue weighted by Gasteiger charge is -2.13. The van der Waals surface area contributed by atoms with E-state index in [2.05, 4.69) is 21.2 Å². The highest BCUT2D eigenvalue weighted by Crippen LogP contribution is 2.27. The second-order valence-corrected chi connectivity index (χ2v) is 4.90. The molecule has 4 heteroatoms. The van der Waals surface area contributed by atoms with Crippen LogP contribution in [0.25, 0.3) is 0 Å². The van der Waals surface area contributed by atoms with Crippen LogP contribution in [-0.2, 0) is 4.79 Å². The van der Waals surface area contributed by atoms with Gasteiger partial charge in [0.05, 0.1) is 11.4 Å². The zero-order chi connectivity index (χ0) is 12.3. The quantitative estimate of drug-likeness (QED) is 0.837. The fraction of sp³-hybridized carbons (Fsp3) is 0.417. The minimum absolute atomic E-state index is 0.00122. The van der Waals surface area contributed by atoms with E-state index >= 15 is 0 Å². The monoisotopic (exact) mass is 284 g/mol. The van der Waals surface area contributed by atoms with E-state index < -0.39 is 0 Å². The smallest absolute Gasteiger partial charge is 0.227 e. The minimum Gasteiger partial charge on any atom is -0.397 e. The Morgan fingerprint density at radius 2 is 2.19 bits per heavy atom. The summed E-state index contributed by atoms with van der Waals surface area (Å²) in [6.45, 7) is 5.80. The Bertz CT molecular complexity index is 404. The van der Waals surface area contributed by atoms with Crippen molar-refractivity contribution < 1.29 is 4.79 Å². The highest BCUT2D eigenvalue weighted by molar-refractivity contribution is 9.10. The van der Waals surface area contributed by atoms with Gasteiger partial charge in [0.2, 0.25) is 5.91 Å². The first kappa shape index (κ1) is 13.0. The molecule has 0 saturated heterocycles. The summed E-state index contributed by atoms with van der Waals surface area (Å²) in [6, 6.07) is 3.75. The second kappa shape index (κ2) is 5.34. The van der Waals surface area contributed by atoms with Crippen molar-refractivity contribution in [2.75, 3.05) is 11.1 Å². The second-order valence-electron chi connectivity index (χ2n) is 3.98. The maximum atomic E-state index is 11.7. The highest BCUT2D eigenvalue weighted by atomic mass is 79.9. The van der Waals surface area contributed by atoms with E-state index in [4.69, 9.17) is 5.73 Å². The first-order chi connectivity index (χ1) is 7.45. The first-order valence-electron chi connectivity index (χ1n) is 5.32. The van der Waals surface area contributed by atoms with E-state index in [1.54, 1.807) is 0 Å². The third-order valence-corrected chi connectivity index (χ3v) is 3.13. The largest absolute Gasteiger partial charge is 0.397 e. The van der Waals surface area contributed by atoms with Gasteiger partial charge in [-0.25, -0.2) is 0 Å². The van der Waals surface area contributed by atoms with Gasteiger partial charge in [0, 0.05) is 10.4 Å². The molecule has 0 aliphatic heterocycles. The number of hydrogen-bond acceptors (Lipinski definition) is 2. The van der Waals surface area contributed by atoms with Crippen molar-refractivity contribution in [1.82, 2.24) is 0 Å². The predicted molar refractivity (Wildman–Crippen MR) is 71.4 cm³/mol. The average molecular weight is 285 g/mol. The fourth-order valence-corrected chi connectivity index (χ4v) is 1.87. The fourth-order valence-electron chi connectivity index (χ4n) is 1.30. The molecule has 0 heterocycles. The minimum atomic E-state index is -0.00122. The van der Waals surface area contributed by atoms with E-state index in [9.17, 15) is 4.79 Å². The van der Waals surface area contributed by atoms with Crippen LogP contribution in [0, 0.1) is 12.8 Å². The van der Waals surface area contributed by atoms with Gasteiger partial charge in [-0.05, 0) is 31.0 Å². The number of nitrogen functional groups attached to an aromatic ring is 1. The van der Waals surface area contributed by atoms with Crippen molar-refractivity contribution in [2.45, 2.75) is 27.2 Å². The van der Waals surface area contributed by atoms with Crippen LogP contribution in [-0.4, -0.2) is 5.91 Å². The van der Waals surface area contributed by atoms with E-state index in [0.717, 1.165) is 16.5 Å². The number of hydrogen-bond donors (Lipinski definition) is 2. The molecule has 0 aliphatic rings. The van der Waals surface area contributed by atoms with Gasteiger partial charge in [0.15, 0.2) is 0 Å². The van der Waals surface area contributed by atoms with Crippen molar-refractivity contribution >= 4 is 33.2 Å². The molecule has 88 valence electrons. The molecule has 1 atom stereocenters. The molecule has 0 spiro atoms. The molecular weight excluding hydrogens is 268 g/mol. The molecule has 0 aromatic heterocycles. The van der Waals surface area contributed by atoms with Crippen molar-refractivity contribution in [3.05, 3.63) is 22.2 Å². The Morgan fingerprint density at radius 3 is 2.75 bits per heavy atom. The summed E-state index contributed by atoms with van der Waals surface area (Å²) in [6.07, 6.45) is 0.818. The van der Waals surface area contributed by atoms with Crippen LogP contribution in [0.1, 0.15) is 25.8 Å². The van der Waals surface area contributed by atoms with E-state index in [-0.39, 0.29) is 11.8 Å². The molecule has 1 amide bonds. The van der Waals surface area contributed by atoms with E-state index in [0.29, 0.717) is 11.4 Å². The third kappa shape index (κ3) is 2.98. The van der Waals surface area contributed by atoms with Gasteiger partial charge in [0.1, 0.15) is 0 Å². The summed E-state index contributed by atoms with van der Waals surface area (Å²) in [5.74, 6) is 0.00499. The molecule has 1 unspecified atom stereocenters. The van der Waals surface area contributed by atoms with Crippen LogP contribution >= 0.6 is 15.9 Å². The van der Waals surface area contributed by atoms with Gasteiger partial charge in [0.25, 0.3) is 0 Å². The lowest BCUT2D eigenvalue weighted by Crippen LogP contribution is -2.20. The molecule has 0 aliphatic carbocycles. The van der Waals surface area contributed by atoms with Crippen LogP contribution in [0.4, 0.5) is 11.4 Å². The van der Waals surface area contributed by atoms with Gasteiger partial charge in [-0.15, -0.1) is 0 Å². The Balaban J connectivity index is 2.93. The molecule has 1 aromatic rings. The summed E-state index contributed by atoms with van der Waals surface area (Å²) >= 11 is 3.38. The summed E-state index contributed by atoms with van der Waals surface area (Å²) < 4.78 is 0.915. The lowest BCUT2D eigenvalue weighted by molar-refractivity contribution is -0.119. The zero-order valence-electron chi connectivity index (χ0n) is 9.80. The first-order valence-corrected chi connectivity index (χ1v) is 6.11. The predicted octanol–water partition coefficient (Wildman–Crippen LogP) is 3.32. The summed E-state index contributed by atoms with van der Waals surface area (Å²) in [4.78, 5) is 11.7. The SMILES string of the molecule is CCC(C)C(=O)Nc1cc(Br)cc(C)c1N. The van der Waals surface area contributed by atoms with Crippen molar-refractivity contribution in [2.24, 2.45) is 5.92 Å². The van der Waals surface area contributed by atoms with Crippen molar-refractivity contribution in [1.29, 1.82) is 0 Å². The normalized spacial score (nSPS) is 12.2. The maximum Gasteiger partial charge on any atom is 0.227 e. The molecule has 16 heavy (non-hydrogen) atoms. The number of rotatable bonds is 3. The van der Waals surface area contributed by atoms with E-state index in [1.807, 2.05) is 32.9 Å². The molecule has 3 N–H and O–H groups in total. The topological polar surface area (TPSA) is 55.1 Å². The number of anilines is 2. The Labute approximate surface area is 105 Å².